The first kappa shape index (κ1) is 27.5. The lowest BCUT2D eigenvalue weighted by Gasteiger charge is -2.44. The van der Waals surface area contributed by atoms with Crippen LogP contribution in [-0.2, 0) is 21.6 Å². The Balaban J connectivity index is 1.24. The van der Waals surface area contributed by atoms with Crippen LogP contribution < -0.4 is 15.0 Å². The molecule has 3 atom stereocenters. The number of carbonyl (C=O) groups excluding carboxylic acids is 1. The number of fused-ring (bicyclic) bond motifs is 1. The largest absolute Gasteiger partial charge is 0.474 e. The van der Waals surface area contributed by atoms with Crippen LogP contribution in [0.15, 0.2) is 30.3 Å². The minimum Gasteiger partial charge on any atom is -0.474 e. The number of aliphatic hydroxyl groups is 1. The second kappa shape index (κ2) is 11.3. The van der Waals surface area contributed by atoms with Crippen molar-refractivity contribution in [2.75, 3.05) is 64.0 Å². The predicted molar refractivity (Wildman–Crippen MR) is 149 cm³/mol. The number of benzene rings is 1. The van der Waals surface area contributed by atoms with Crippen LogP contribution in [0.2, 0.25) is 0 Å². The third kappa shape index (κ3) is 5.87. The number of anilines is 1. The van der Waals surface area contributed by atoms with E-state index in [0.717, 1.165) is 50.5 Å². The Morgan fingerprint density at radius 3 is 2.73 bits per heavy atom. The number of rotatable bonds is 7. The number of piperazine rings is 1. The number of morpholine rings is 1. The molecule has 2 aromatic rings. The van der Waals surface area contributed by atoms with Crippen molar-refractivity contribution in [2.45, 2.75) is 56.8 Å². The van der Waals surface area contributed by atoms with E-state index in [1.807, 2.05) is 6.07 Å². The van der Waals surface area contributed by atoms with Crippen LogP contribution in [0.4, 0.5) is 10.1 Å². The normalized spacial score (nSPS) is 26.7. The van der Waals surface area contributed by atoms with Crippen LogP contribution in [-0.4, -0.2) is 103 Å². The molecule has 1 aliphatic carbocycles. The molecule has 216 valence electrons. The van der Waals surface area contributed by atoms with Crippen molar-refractivity contribution in [3.8, 4) is 5.88 Å². The number of hydrogen-bond acceptors (Lipinski definition) is 8. The van der Waals surface area contributed by atoms with Gasteiger partial charge in [0.2, 0.25) is 11.8 Å². The van der Waals surface area contributed by atoms with Gasteiger partial charge in [0.05, 0.1) is 32.0 Å². The molecule has 1 amide bonds. The van der Waals surface area contributed by atoms with Crippen LogP contribution in [0.25, 0.3) is 0 Å². The molecule has 9 nitrogen and oxygen atoms in total. The number of hydrogen-bond donors (Lipinski definition) is 2. The number of amides is 1. The number of ether oxygens (including phenoxy) is 2. The van der Waals surface area contributed by atoms with Crippen molar-refractivity contribution in [3.05, 3.63) is 53.0 Å². The Morgan fingerprint density at radius 2 is 1.98 bits per heavy atom. The van der Waals surface area contributed by atoms with Gasteiger partial charge in [-0.15, -0.1) is 0 Å². The maximum absolute atomic E-state index is 13.9. The molecular weight excluding hydrogens is 513 g/mol. The van der Waals surface area contributed by atoms with Crippen molar-refractivity contribution in [1.82, 2.24) is 20.1 Å². The smallest absolute Gasteiger partial charge is 0.241 e. The van der Waals surface area contributed by atoms with Crippen molar-refractivity contribution in [3.63, 3.8) is 0 Å². The molecule has 6 rings (SSSR count). The van der Waals surface area contributed by atoms with E-state index in [4.69, 9.17) is 14.5 Å². The molecule has 2 saturated heterocycles. The summed E-state index contributed by atoms with van der Waals surface area (Å²) in [4.78, 5) is 25.2. The van der Waals surface area contributed by atoms with Gasteiger partial charge in [0.15, 0.2) is 0 Å². The quantitative estimate of drug-likeness (QED) is 0.538. The van der Waals surface area contributed by atoms with Gasteiger partial charge in [0.1, 0.15) is 23.7 Å². The molecule has 1 aromatic carbocycles. The SMILES string of the molecule is CC1COCCN1C[C@H]1CN[C@H](C)CN1CC(=O)N1CCOc2nc(C3(O)CC3)c(Cc3ccc(F)cc3)cc21. The molecule has 2 N–H and O–H groups in total. The van der Waals surface area contributed by atoms with Gasteiger partial charge in [-0.25, -0.2) is 9.37 Å². The van der Waals surface area contributed by atoms with Crippen molar-refractivity contribution in [1.29, 1.82) is 0 Å². The molecule has 40 heavy (non-hydrogen) atoms. The van der Waals surface area contributed by atoms with Gasteiger partial charge in [0, 0.05) is 44.3 Å². The lowest BCUT2D eigenvalue weighted by atomic mass is 9.99. The highest BCUT2D eigenvalue weighted by molar-refractivity contribution is 5.96. The molecule has 0 radical (unpaired) electrons. The zero-order valence-electron chi connectivity index (χ0n) is 23.4. The Labute approximate surface area is 235 Å². The van der Waals surface area contributed by atoms with Crippen LogP contribution in [0.3, 0.4) is 0 Å². The monoisotopic (exact) mass is 553 g/mol. The van der Waals surface area contributed by atoms with Gasteiger partial charge < -0.3 is 24.8 Å². The fourth-order valence-electron chi connectivity index (χ4n) is 6.12. The van der Waals surface area contributed by atoms with E-state index in [9.17, 15) is 14.3 Å². The molecule has 4 heterocycles. The second-order valence-corrected chi connectivity index (χ2v) is 11.9. The van der Waals surface area contributed by atoms with Crippen LogP contribution in [0.1, 0.15) is 43.5 Å². The molecule has 0 bridgehead atoms. The molecule has 10 heteroatoms. The lowest BCUT2D eigenvalue weighted by molar-refractivity contribution is -0.121. The lowest BCUT2D eigenvalue weighted by Crippen LogP contribution is -2.62. The summed E-state index contributed by atoms with van der Waals surface area (Å²) in [6.07, 6.45) is 1.76. The molecule has 4 aliphatic rings. The fraction of sp³-hybridized carbons (Fsp3) is 0.600. The van der Waals surface area contributed by atoms with Crippen LogP contribution in [0.5, 0.6) is 5.88 Å². The molecule has 1 saturated carbocycles. The van der Waals surface area contributed by atoms with Crippen LogP contribution in [0, 0.1) is 5.82 Å². The highest BCUT2D eigenvalue weighted by Gasteiger charge is 2.46. The minimum atomic E-state index is -0.971. The van der Waals surface area contributed by atoms with E-state index in [-0.39, 0.29) is 17.8 Å². The van der Waals surface area contributed by atoms with Gasteiger partial charge in [-0.2, -0.15) is 0 Å². The number of aromatic nitrogens is 1. The first-order chi connectivity index (χ1) is 19.3. The Kier molecular flexibility index (Phi) is 7.80. The summed E-state index contributed by atoms with van der Waals surface area (Å²) < 4.78 is 25.1. The highest BCUT2D eigenvalue weighted by Crippen LogP contribution is 2.48. The zero-order valence-corrected chi connectivity index (χ0v) is 23.4. The second-order valence-electron chi connectivity index (χ2n) is 11.9. The van der Waals surface area contributed by atoms with E-state index < -0.39 is 5.60 Å². The van der Waals surface area contributed by atoms with E-state index in [0.29, 0.717) is 68.3 Å². The minimum absolute atomic E-state index is 0.0195. The van der Waals surface area contributed by atoms with Gasteiger partial charge in [-0.3, -0.25) is 14.6 Å². The Morgan fingerprint density at radius 1 is 1.18 bits per heavy atom. The van der Waals surface area contributed by atoms with Crippen LogP contribution >= 0.6 is 0 Å². The average molecular weight is 554 g/mol. The highest BCUT2D eigenvalue weighted by atomic mass is 19.1. The number of nitrogens with zero attached hydrogens (tertiary/aromatic N) is 4. The van der Waals surface area contributed by atoms with E-state index >= 15 is 0 Å². The molecule has 1 unspecified atom stereocenters. The number of halogens is 1. The van der Waals surface area contributed by atoms with E-state index in [1.54, 1.807) is 17.0 Å². The maximum atomic E-state index is 13.9. The summed E-state index contributed by atoms with van der Waals surface area (Å²) in [5.41, 5.74) is 2.02. The summed E-state index contributed by atoms with van der Waals surface area (Å²) >= 11 is 0. The molecule has 1 aromatic heterocycles. The summed E-state index contributed by atoms with van der Waals surface area (Å²) in [7, 11) is 0. The van der Waals surface area contributed by atoms with Gasteiger partial charge >= 0.3 is 0 Å². The summed E-state index contributed by atoms with van der Waals surface area (Å²) in [6, 6.07) is 9.20. The first-order valence-electron chi connectivity index (χ1n) is 14.5. The summed E-state index contributed by atoms with van der Waals surface area (Å²) in [5.74, 6) is 0.124. The Hall–Kier alpha value is -2.63. The molecule has 0 spiro atoms. The average Bonchev–Trinajstić information content (AvgIpc) is 3.70. The van der Waals surface area contributed by atoms with Crippen molar-refractivity contribution < 1.29 is 23.8 Å². The summed E-state index contributed by atoms with van der Waals surface area (Å²) in [5, 5.41) is 14.6. The number of carbonyl (C=O) groups is 1. The third-order valence-corrected chi connectivity index (χ3v) is 8.68. The number of nitrogens with one attached hydrogen (secondary N) is 1. The molecular formula is C30H40FN5O4. The predicted octanol–water partition coefficient (Wildman–Crippen LogP) is 1.90. The van der Waals surface area contributed by atoms with Crippen molar-refractivity contribution >= 4 is 11.6 Å². The van der Waals surface area contributed by atoms with Crippen molar-refractivity contribution in [2.24, 2.45) is 0 Å². The topological polar surface area (TPSA) is 90.4 Å². The van der Waals surface area contributed by atoms with Gasteiger partial charge in [-0.05, 0) is 62.4 Å². The Bertz CT molecular complexity index is 1220. The first-order valence-corrected chi connectivity index (χ1v) is 14.5. The number of pyridine rings is 1. The maximum Gasteiger partial charge on any atom is 0.241 e. The standard InChI is InChI=1S/C30H40FN5O4/c1-20-16-35(25(15-32-20)17-34-9-11-39-19-21(34)2)18-27(37)36-10-12-40-29-26(36)14-23(28(33-29)30(38)7-8-30)13-22-3-5-24(31)6-4-22/h3-6,14,20-21,25,32,38H,7-13,15-19H2,1-2H3/t20-,21?,25-/m1/s1. The van der Waals surface area contributed by atoms with Gasteiger partial charge in [0.25, 0.3) is 0 Å². The zero-order chi connectivity index (χ0) is 27.9. The summed E-state index contributed by atoms with van der Waals surface area (Å²) in [6.45, 7) is 10.4. The van der Waals surface area contributed by atoms with Gasteiger partial charge in [-0.1, -0.05) is 12.1 Å². The molecule has 3 aliphatic heterocycles. The third-order valence-electron chi connectivity index (χ3n) is 8.68. The van der Waals surface area contributed by atoms with E-state index in [2.05, 4.69) is 29.0 Å². The van der Waals surface area contributed by atoms with E-state index in [1.165, 1.54) is 12.1 Å². The molecule has 3 fully saturated rings. The fourth-order valence-corrected chi connectivity index (χ4v) is 6.12.